The van der Waals surface area contributed by atoms with Gasteiger partial charge in [0.25, 0.3) is 5.91 Å². The quantitative estimate of drug-likeness (QED) is 0.500. The first kappa shape index (κ1) is 27.0. The molecule has 3 heterocycles. The summed E-state index contributed by atoms with van der Waals surface area (Å²) >= 11 is 0. The van der Waals surface area contributed by atoms with E-state index < -0.39 is 5.60 Å². The van der Waals surface area contributed by atoms with Gasteiger partial charge in [0.2, 0.25) is 5.82 Å². The number of pyridine rings is 1. The van der Waals surface area contributed by atoms with Crippen molar-refractivity contribution < 1.29 is 19.1 Å². The zero-order valence-corrected chi connectivity index (χ0v) is 22.6. The predicted octanol–water partition coefficient (Wildman–Crippen LogP) is 3.63. The minimum Gasteiger partial charge on any atom is -0.497 e. The minimum atomic E-state index is -0.528. The van der Waals surface area contributed by atoms with E-state index in [1.807, 2.05) is 58.0 Å². The van der Waals surface area contributed by atoms with E-state index in [1.54, 1.807) is 22.9 Å². The molecule has 1 aromatic carbocycles. The van der Waals surface area contributed by atoms with E-state index in [0.29, 0.717) is 43.3 Å². The van der Waals surface area contributed by atoms with E-state index in [1.165, 1.54) is 0 Å². The van der Waals surface area contributed by atoms with Crippen molar-refractivity contribution in [3.05, 3.63) is 53.3 Å². The number of ether oxygens (including phenoxy) is 2. The van der Waals surface area contributed by atoms with Gasteiger partial charge in [-0.1, -0.05) is 12.1 Å². The molecule has 0 aliphatic carbocycles. The summed E-state index contributed by atoms with van der Waals surface area (Å²) in [5, 5.41) is 15.9. The van der Waals surface area contributed by atoms with Crippen molar-refractivity contribution in [1.82, 2.24) is 35.4 Å². The van der Waals surface area contributed by atoms with Gasteiger partial charge in [-0.05, 0) is 81.5 Å². The second-order valence-electron chi connectivity index (χ2n) is 10.5. The van der Waals surface area contributed by atoms with Crippen LogP contribution in [-0.2, 0) is 17.8 Å². The molecule has 3 aromatic rings. The Balaban J connectivity index is 1.39. The summed E-state index contributed by atoms with van der Waals surface area (Å²) in [5.41, 5.74) is 2.00. The van der Waals surface area contributed by atoms with Crippen molar-refractivity contribution in [2.75, 3.05) is 20.2 Å². The highest BCUT2D eigenvalue weighted by molar-refractivity contribution is 5.93. The van der Waals surface area contributed by atoms with Crippen LogP contribution in [0.5, 0.6) is 5.75 Å². The molecule has 0 spiro atoms. The number of aromatic nitrogens is 5. The molecular weight excluding hydrogens is 486 g/mol. The van der Waals surface area contributed by atoms with Gasteiger partial charge in [-0.15, -0.1) is 10.2 Å². The number of nitrogens with zero attached hydrogens (tertiary/aromatic N) is 6. The lowest BCUT2D eigenvalue weighted by atomic mass is 9.98. The first-order valence-corrected chi connectivity index (χ1v) is 12.8. The number of likely N-dealkylation sites (tertiary alicyclic amines) is 1. The fourth-order valence-electron chi connectivity index (χ4n) is 4.34. The largest absolute Gasteiger partial charge is 0.497 e. The molecule has 0 bridgehead atoms. The molecule has 202 valence electrons. The second-order valence-corrected chi connectivity index (χ2v) is 10.5. The van der Waals surface area contributed by atoms with Crippen LogP contribution >= 0.6 is 0 Å². The van der Waals surface area contributed by atoms with Crippen LogP contribution < -0.4 is 10.1 Å². The molecule has 1 saturated heterocycles. The average Bonchev–Trinajstić information content (AvgIpc) is 3.34. The number of nitrogens with one attached hydrogen (secondary N) is 1. The van der Waals surface area contributed by atoms with Gasteiger partial charge in [0.15, 0.2) is 0 Å². The molecule has 4 rings (SSSR count). The summed E-state index contributed by atoms with van der Waals surface area (Å²) in [6, 6.07) is 11.0. The molecule has 0 unspecified atom stereocenters. The molecule has 0 radical (unpaired) electrons. The van der Waals surface area contributed by atoms with Crippen molar-refractivity contribution in [3.8, 4) is 17.1 Å². The van der Waals surface area contributed by atoms with E-state index in [0.717, 1.165) is 24.2 Å². The van der Waals surface area contributed by atoms with Crippen LogP contribution in [0.3, 0.4) is 0 Å². The van der Waals surface area contributed by atoms with E-state index in [2.05, 4.69) is 25.7 Å². The molecule has 2 aromatic heterocycles. The summed E-state index contributed by atoms with van der Waals surface area (Å²) in [6.45, 7) is 9.55. The Morgan fingerprint density at radius 2 is 2.00 bits per heavy atom. The molecule has 1 N–H and O–H groups in total. The average molecular weight is 522 g/mol. The molecule has 1 fully saturated rings. The number of hydrogen-bond donors (Lipinski definition) is 1. The van der Waals surface area contributed by atoms with Crippen LogP contribution in [0.2, 0.25) is 0 Å². The number of rotatable bonds is 7. The highest BCUT2D eigenvalue weighted by atomic mass is 16.6. The molecule has 0 saturated carbocycles. The van der Waals surface area contributed by atoms with Crippen molar-refractivity contribution >= 4 is 12.0 Å². The lowest BCUT2D eigenvalue weighted by Crippen LogP contribution is -2.43. The molecule has 11 heteroatoms. The van der Waals surface area contributed by atoms with E-state index in [-0.39, 0.29) is 23.6 Å². The second kappa shape index (κ2) is 11.6. The predicted molar refractivity (Wildman–Crippen MR) is 140 cm³/mol. The van der Waals surface area contributed by atoms with E-state index in [9.17, 15) is 9.59 Å². The van der Waals surface area contributed by atoms with Crippen LogP contribution in [-0.4, -0.2) is 67.9 Å². The van der Waals surface area contributed by atoms with E-state index in [4.69, 9.17) is 9.47 Å². The van der Waals surface area contributed by atoms with E-state index >= 15 is 0 Å². The number of aryl methyl sites for hydroxylation is 1. The topological polar surface area (TPSA) is 124 Å². The Labute approximate surface area is 222 Å². The van der Waals surface area contributed by atoms with Gasteiger partial charge in [-0.3, -0.25) is 4.79 Å². The maximum Gasteiger partial charge on any atom is 0.410 e. The highest BCUT2D eigenvalue weighted by Gasteiger charge is 2.28. The van der Waals surface area contributed by atoms with Crippen LogP contribution in [0.15, 0.2) is 36.4 Å². The lowest BCUT2D eigenvalue weighted by molar-refractivity contribution is 0.0152. The zero-order chi connectivity index (χ0) is 27.3. The minimum absolute atomic E-state index is 0.190. The first-order valence-electron chi connectivity index (χ1n) is 12.8. The summed E-state index contributed by atoms with van der Waals surface area (Å²) < 4.78 is 10.8. The van der Waals surface area contributed by atoms with Crippen molar-refractivity contribution in [2.45, 2.75) is 59.2 Å². The van der Waals surface area contributed by atoms with Gasteiger partial charge < -0.3 is 19.7 Å². The Kier molecular flexibility index (Phi) is 8.23. The van der Waals surface area contributed by atoms with Gasteiger partial charge in [-0.25, -0.2) is 9.78 Å². The SMILES string of the molecule is COc1cccc(CNC(=O)c2cc(-c3nnn(C[C@H]4CCCN(C(=O)OC(C)(C)C)C4)n3)cc(C)n2)c1. The standard InChI is InChI=1S/C27H35N7O4/c1-18-12-21(14-23(29-18)25(35)28-15-19-8-6-10-22(13-19)37-5)24-30-32-34(31-24)17-20-9-7-11-33(16-20)26(36)38-27(2,3)4/h6,8,10,12-14,20H,7,9,11,15-17H2,1-5H3,(H,28,35)/t20-/m0/s1. The Morgan fingerprint density at radius 1 is 1.18 bits per heavy atom. The lowest BCUT2D eigenvalue weighted by Gasteiger charge is -2.33. The fraction of sp³-hybridized carbons (Fsp3) is 0.481. The Morgan fingerprint density at radius 3 is 2.76 bits per heavy atom. The third-order valence-corrected chi connectivity index (χ3v) is 6.08. The monoisotopic (exact) mass is 521 g/mol. The molecule has 2 amide bonds. The molecular formula is C27H35N7O4. The molecule has 1 atom stereocenters. The number of hydrogen-bond acceptors (Lipinski definition) is 8. The number of carbonyl (C=O) groups is 2. The van der Waals surface area contributed by atoms with Gasteiger partial charge in [0, 0.05) is 30.9 Å². The van der Waals surface area contributed by atoms with Crippen LogP contribution in [0.1, 0.15) is 55.4 Å². The van der Waals surface area contributed by atoms with Crippen molar-refractivity contribution in [1.29, 1.82) is 0 Å². The molecule has 11 nitrogen and oxygen atoms in total. The smallest absolute Gasteiger partial charge is 0.410 e. The third-order valence-electron chi connectivity index (χ3n) is 6.08. The summed E-state index contributed by atoms with van der Waals surface area (Å²) in [7, 11) is 1.61. The van der Waals surface area contributed by atoms with Crippen LogP contribution in [0.4, 0.5) is 4.79 Å². The number of amides is 2. The van der Waals surface area contributed by atoms with Gasteiger partial charge >= 0.3 is 6.09 Å². The van der Waals surface area contributed by atoms with Crippen LogP contribution in [0.25, 0.3) is 11.4 Å². The number of benzene rings is 1. The Bertz CT molecular complexity index is 1280. The maximum atomic E-state index is 12.8. The number of tetrazole rings is 1. The van der Waals surface area contributed by atoms with Crippen molar-refractivity contribution in [3.63, 3.8) is 0 Å². The Hall–Kier alpha value is -4.02. The fourth-order valence-corrected chi connectivity index (χ4v) is 4.34. The zero-order valence-electron chi connectivity index (χ0n) is 22.6. The summed E-state index contributed by atoms with van der Waals surface area (Å²) in [6.07, 6.45) is 1.56. The molecule has 38 heavy (non-hydrogen) atoms. The third kappa shape index (κ3) is 7.27. The molecule has 1 aliphatic heterocycles. The normalized spacial score (nSPS) is 15.7. The first-order chi connectivity index (χ1) is 18.1. The van der Waals surface area contributed by atoms with Gasteiger partial charge in [-0.2, -0.15) is 4.80 Å². The van der Waals surface area contributed by atoms with Crippen LogP contribution in [0, 0.1) is 12.8 Å². The van der Waals surface area contributed by atoms with Gasteiger partial charge in [0.05, 0.1) is 13.7 Å². The number of carbonyl (C=O) groups excluding carboxylic acids is 2. The summed E-state index contributed by atoms with van der Waals surface area (Å²) in [5.74, 6) is 1.04. The van der Waals surface area contributed by atoms with Crippen molar-refractivity contribution in [2.24, 2.45) is 5.92 Å². The summed E-state index contributed by atoms with van der Waals surface area (Å²) in [4.78, 5) is 33.0. The number of piperidine rings is 1. The number of methoxy groups -OCH3 is 1. The maximum absolute atomic E-state index is 12.8. The van der Waals surface area contributed by atoms with Gasteiger partial charge in [0.1, 0.15) is 17.0 Å². The molecule has 1 aliphatic rings. The highest BCUT2D eigenvalue weighted by Crippen LogP contribution is 2.22.